The summed E-state index contributed by atoms with van der Waals surface area (Å²) < 4.78 is 24.3. The Morgan fingerprint density at radius 2 is 2.08 bits per heavy atom. The van der Waals surface area contributed by atoms with Crippen molar-refractivity contribution in [3.05, 3.63) is 60.2 Å². The van der Waals surface area contributed by atoms with Gasteiger partial charge in [-0.05, 0) is 87.1 Å². The molecule has 1 aromatic heterocycles. The van der Waals surface area contributed by atoms with E-state index in [9.17, 15) is 14.0 Å². The normalized spacial score (nSPS) is 31.4. The van der Waals surface area contributed by atoms with Gasteiger partial charge in [0.15, 0.2) is 0 Å². The van der Waals surface area contributed by atoms with E-state index in [4.69, 9.17) is 9.47 Å². The van der Waals surface area contributed by atoms with Crippen LogP contribution in [-0.4, -0.2) is 35.8 Å². The average Bonchev–Trinajstić information content (AvgIpc) is 3.15. The molecular formula is C29H33FN2O4. The number of alkyl carbamates (subject to hydrolysis) is 1. The summed E-state index contributed by atoms with van der Waals surface area (Å²) in [4.78, 5) is 29.2. The van der Waals surface area contributed by atoms with Crippen molar-refractivity contribution in [3.63, 3.8) is 0 Å². The van der Waals surface area contributed by atoms with Crippen LogP contribution in [0.1, 0.15) is 45.2 Å². The second kappa shape index (κ2) is 10.4. The number of rotatable bonds is 5. The highest BCUT2D eigenvalue weighted by atomic mass is 19.1. The number of fused-ring (bicyclic) bond motifs is 2. The molecule has 5 rings (SSSR count). The molecule has 7 heteroatoms. The molecule has 3 fully saturated rings. The summed E-state index contributed by atoms with van der Waals surface area (Å²) in [7, 11) is 0. The van der Waals surface area contributed by atoms with Crippen LogP contribution < -0.4 is 5.32 Å². The average molecular weight is 493 g/mol. The highest BCUT2D eigenvalue weighted by Gasteiger charge is 2.54. The Bertz CT molecular complexity index is 1130. The topological polar surface area (TPSA) is 77.5 Å². The number of hydrogen-bond donors (Lipinski definition) is 1. The fourth-order valence-corrected chi connectivity index (χ4v) is 6.64. The van der Waals surface area contributed by atoms with Gasteiger partial charge in [-0.1, -0.05) is 24.3 Å². The smallest absolute Gasteiger partial charge is 0.407 e. The summed E-state index contributed by atoms with van der Waals surface area (Å²) in [6, 6.07) is 10.4. The Balaban J connectivity index is 1.34. The van der Waals surface area contributed by atoms with E-state index in [0.717, 1.165) is 42.5 Å². The van der Waals surface area contributed by atoms with E-state index >= 15 is 0 Å². The molecule has 0 unspecified atom stereocenters. The molecule has 0 radical (unpaired) electrons. The predicted molar refractivity (Wildman–Crippen MR) is 134 cm³/mol. The molecule has 2 heterocycles. The van der Waals surface area contributed by atoms with E-state index < -0.39 is 0 Å². The number of nitrogens with zero attached hydrogens (tertiary/aromatic N) is 1. The molecule has 7 atom stereocenters. The third-order valence-corrected chi connectivity index (χ3v) is 8.18. The monoisotopic (exact) mass is 492 g/mol. The number of esters is 1. The molecular weight excluding hydrogens is 459 g/mol. The number of benzene rings is 1. The van der Waals surface area contributed by atoms with Crippen molar-refractivity contribution in [2.75, 3.05) is 6.61 Å². The second-order valence-electron chi connectivity index (χ2n) is 10.3. The van der Waals surface area contributed by atoms with Crippen LogP contribution in [0.3, 0.4) is 0 Å². The van der Waals surface area contributed by atoms with Crippen LogP contribution >= 0.6 is 0 Å². The lowest BCUT2D eigenvalue weighted by Gasteiger charge is -2.47. The molecule has 0 bridgehead atoms. The zero-order valence-corrected chi connectivity index (χ0v) is 20.7. The van der Waals surface area contributed by atoms with Crippen LogP contribution in [0.4, 0.5) is 9.18 Å². The first-order valence-corrected chi connectivity index (χ1v) is 13.0. The SMILES string of the molecule is CCOC(=O)N[C@H]1CC[C@@H]2[C@H](C1)C[C@H]1C(=O)O[C@H](C)[C@@H]1[C@@H]2/C=C/c1ccc(-c2cccc(F)c2)cn1. The number of amides is 1. The van der Waals surface area contributed by atoms with E-state index in [1.165, 1.54) is 12.1 Å². The number of hydrogen-bond acceptors (Lipinski definition) is 5. The number of nitrogens with one attached hydrogen (secondary N) is 1. The minimum Gasteiger partial charge on any atom is -0.462 e. The van der Waals surface area contributed by atoms with Crippen molar-refractivity contribution in [1.29, 1.82) is 0 Å². The molecule has 1 N–H and O–H groups in total. The molecule has 1 saturated heterocycles. The third-order valence-electron chi connectivity index (χ3n) is 8.18. The Morgan fingerprint density at radius 1 is 1.22 bits per heavy atom. The van der Waals surface area contributed by atoms with Gasteiger partial charge in [0.05, 0.1) is 18.2 Å². The van der Waals surface area contributed by atoms with Crippen LogP contribution in [-0.2, 0) is 14.3 Å². The quantitative estimate of drug-likeness (QED) is 0.548. The van der Waals surface area contributed by atoms with E-state index in [1.807, 2.05) is 31.2 Å². The van der Waals surface area contributed by atoms with Crippen molar-refractivity contribution in [2.24, 2.45) is 29.6 Å². The zero-order valence-electron chi connectivity index (χ0n) is 20.7. The first kappa shape index (κ1) is 24.5. The Hall–Kier alpha value is -3.22. The molecule has 1 aromatic carbocycles. The minimum absolute atomic E-state index is 0.0679. The van der Waals surface area contributed by atoms with E-state index in [-0.39, 0.29) is 47.8 Å². The van der Waals surface area contributed by atoms with Gasteiger partial charge in [-0.15, -0.1) is 0 Å². The molecule has 2 aromatic rings. The molecule has 3 aliphatic rings. The fraction of sp³-hybridized carbons (Fsp3) is 0.483. The molecule has 1 amide bonds. The maximum absolute atomic E-state index is 13.6. The van der Waals surface area contributed by atoms with Crippen molar-refractivity contribution < 1.29 is 23.5 Å². The van der Waals surface area contributed by atoms with E-state index in [1.54, 1.807) is 19.2 Å². The van der Waals surface area contributed by atoms with Crippen LogP contribution in [0.15, 0.2) is 48.7 Å². The summed E-state index contributed by atoms with van der Waals surface area (Å²) in [5.41, 5.74) is 2.48. The Kier molecular flexibility index (Phi) is 7.08. The Morgan fingerprint density at radius 3 is 2.83 bits per heavy atom. The number of pyridine rings is 1. The highest BCUT2D eigenvalue weighted by molar-refractivity contribution is 5.75. The number of halogens is 1. The van der Waals surface area contributed by atoms with Crippen LogP contribution in [0.5, 0.6) is 0 Å². The zero-order chi connectivity index (χ0) is 25.2. The summed E-state index contributed by atoms with van der Waals surface area (Å²) in [6.45, 7) is 4.15. The molecule has 36 heavy (non-hydrogen) atoms. The maximum atomic E-state index is 13.6. The lowest BCUT2D eigenvalue weighted by atomic mass is 9.57. The number of cyclic esters (lactones) is 1. The standard InChI is InChI=1S/C29H33FN2O4/c1-3-35-29(34)32-23-10-11-24-20(14-23)15-26-27(17(2)36-28(26)33)25(24)12-9-22-8-7-19(16-31-22)18-5-4-6-21(30)13-18/h4-9,12-13,16-17,20,23-27H,3,10-11,14-15H2,1-2H3,(H,32,34)/b12-9+/t17-,20-,23+,24-,25-,26-,27-/m1/s1. The summed E-state index contributed by atoms with van der Waals surface area (Å²) in [5, 5.41) is 3.00. The van der Waals surface area contributed by atoms with Crippen LogP contribution in [0, 0.1) is 35.4 Å². The molecule has 190 valence electrons. The molecule has 2 saturated carbocycles. The number of carbonyl (C=O) groups is 2. The Labute approximate surface area is 211 Å². The second-order valence-corrected chi connectivity index (χ2v) is 10.3. The van der Waals surface area contributed by atoms with Gasteiger partial charge in [0, 0.05) is 23.7 Å². The molecule has 1 aliphatic heterocycles. The first-order chi connectivity index (χ1) is 17.4. The number of aromatic nitrogens is 1. The molecule has 2 aliphatic carbocycles. The van der Waals surface area contributed by atoms with Gasteiger partial charge in [0.2, 0.25) is 0 Å². The predicted octanol–water partition coefficient (Wildman–Crippen LogP) is 5.63. The van der Waals surface area contributed by atoms with Crippen molar-refractivity contribution >= 4 is 18.1 Å². The van der Waals surface area contributed by atoms with Gasteiger partial charge in [0.1, 0.15) is 11.9 Å². The van der Waals surface area contributed by atoms with Crippen LogP contribution in [0.25, 0.3) is 17.2 Å². The van der Waals surface area contributed by atoms with E-state index in [2.05, 4.69) is 16.4 Å². The van der Waals surface area contributed by atoms with Crippen molar-refractivity contribution in [2.45, 2.75) is 51.7 Å². The highest BCUT2D eigenvalue weighted by Crippen LogP contribution is 2.53. The largest absolute Gasteiger partial charge is 0.462 e. The van der Waals surface area contributed by atoms with Gasteiger partial charge in [-0.25, -0.2) is 9.18 Å². The number of ether oxygens (including phenoxy) is 2. The summed E-state index contributed by atoms with van der Waals surface area (Å²) in [5.74, 6) is 0.629. The fourth-order valence-electron chi connectivity index (χ4n) is 6.64. The maximum Gasteiger partial charge on any atom is 0.407 e. The van der Waals surface area contributed by atoms with Gasteiger partial charge in [0.25, 0.3) is 0 Å². The number of carbonyl (C=O) groups excluding carboxylic acids is 2. The summed E-state index contributed by atoms with van der Waals surface area (Å²) in [6.07, 6.45) is 9.07. The van der Waals surface area contributed by atoms with Gasteiger partial charge >= 0.3 is 12.1 Å². The molecule has 0 spiro atoms. The first-order valence-electron chi connectivity index (χ1n) is 13.0. The summed E-state index contributed by atoms with van der Waals surface area (Å²) >= 11 is 0. The minimum atomic E-state index is -0.368. The third kappa shape index (κ3) is 5.01. The van der Waals surface area contributed by atoms with Gasteiger partial charge in [-0.3, -0.25) is 9.78 Å². The van der Waals surface area contributed by atoms with Crippen molar-refractivity contribution in [1.82, 2.24) is 10.3 Å². The number of allylic oxidation sites excluding steroid dienone is 1. The van der Waals surface area contributed by atoms with Gasteiger partial charge in [-0.2, -0.15) is 0 Å². The lowest BCUT2D eigenvalue weighted by Crippen LogP contribution is -2.48. The van der Waals surface area contributed by atoms with E-state index in [0.29, 0.717) is 18.4 Å². The van der Waals surface area contributed by atoms with Gasteiger partial charge < -0.3 is 14.8 Å². The van der Waals surface area contributed by atoms with Crippen LogP contribution in [0.2, 0.25) is 0 Å². The molecule has 6 nitrogen and oxygen atoms in total. The van der Waals surface area contributed by atoms with Crippen molar-refractivity contribution in [3.8, 4) is 11.1 Å². The lowest BCUT2D eigenvalue weighted by molar-refractivity contribution is -0.144.